The quantitative estimate of drug-likeness (QED) is 0.400. The van der Waals surface area contributed by atoms with Crippen LogP contribution in [-0.4, -0.2) is 11.6 Å². The van der Waals surface area contributed by atoms with E-state index in [1.54, 1.807) is 0 Å². The first-order chi connectivity index (χ1) is 1.41. The molecule has 1 N–H and O–H groups in total. The molecule has 0 aromatic carbocycles. The summed E-state index contributed by atoms with van der Waals surface area (Å²) in [6.07, 6.45) is 0.250. The highest BCUT2D eigenvalue weighted by atomic mass is 16.2. The van der Waals surface area contributed by atoms with Gasteiger partial charge >= 0.3 is 6.15 Å². The van der Waals surface area contributed by atoms with Gasteiger partial charge in [0, 0.05) is 0 Å². The van der Waals surface area contributed by atoms with Crippen molar-refractivity contribution in [3.8, 4) is 0 Å². The van der Waals surface area contributed by atoms with Crippen LogP contribution in [0.2, 0.25) is 0 Å². The van der Waals surface area contributed by atoms with Crippen LogP contribution in [0.3, 0.4) is 0 Å². The maximum absolute atomic E-state index is 8.12. The van der Waals surface area contributed by atoms with Crippen LogP contribution in [0.5, 0.6) is 0 Å². The Labute approximate surface area is 22.5 Å². The van der Waals surface area contributed by atoms with Crippen LogP contribution in [0.15, 0.2) is 0 Å². The van der Waals surface area contributed by atoms with Crippen LogP contribution in [0.1, 0.15) is 0 Å². The van der Waals surface area contributed by atoms with Gasteiger partial charge in [0.1, 0.15) is 0 Å². The Hall–Kier alpha value is -0.660. The van der Waals surface area contributed by atoms with Crippen LogP contribution in [-0.2, 0) is 9.59 Å². The molecule has 23 valence electrons. The van der Waals surface area contributed by atoms with Crippen molar-refractivity contribution < 1.29 is 15.1 Å². The van der Waals surface area contributed by atoms with E-state index in [0.29, 0.717) is 0 Å². The summed E-state index contributed by atoms with van der Waals surface area (Å²) in [5.41, 5.74) is 0. The zero-order valence-corrected chi connectivity index (χ0v) is 1.76. The molecule has 0 rings (SSSR count). The monoisotopic (exact) mass is 61.0 g/mol. The molecule has 0 saturated heterocycles. The number of hydrogen-bond donors (Lipinski definition) is 1. The fourth-order valence-electron chi connectivity index (χ4n) is 0. The second-order valence-electron chi connectivity index (χ2n) is 0.0833. The van der Waals surface area contributed by atoms with Gasteiger partial charge in [0.05, 0.1) is 0 Å². The Morgan fingerprint density at radius 1 is 1.25 bits per heavy atom. The molecule has 4 heavy (non-hydrogen) atoms. The van der Waals surface area contributed by atoms with Crippen molar-refractivity contribution in [2.75, 3.05) is 0 Å². The van der Waals surface area contributed by atoms with Crippen LogP contribution in [0.25, 0.3) is 0 Å². The van der Waals surface area contributed by atoms with Gasteiger partial charge in [-0.3, -0.25) is 5.48 Å². The molecule has 0 aliphatic heterocycles. The average molecular weight is 61.0 g/mol. The Kier molecular flexibility index (Phi) is 92.5. The van der Waals surface area contributed by atoms with Crippen molar-refractivity contribution in [2.45, 2.75) is 0 Å². The van der Waals surface area contributed by atoms with Crippen molar-refractivity contribution in [3.05, 3.63) is 0 Å². The third-order valence-corrected chi connectivity index (χ3v) is 0. The van der Waals surface area contributed by atoms with Gasteiger partial charge in [-0.25, -0.2) is 0 Å². The summed E-state index contributed by atoms with van der Waals surface area (Å²) in [7, 11) is 0. The lowest BCUT2D eigenvalue weighted by Gasteiger charge is -0.945. The third-order valence-electron chi connectivity index (χ3n) is 0. The molecule has 0 aromatic heterocycles. The lowest BCUT2D eigenvalue weighted by molar-refractivity contribution is -0.191. The molecule has 0 atom stereocenters. The zero-order chi connectivity index (χ0) is 2.71. The minimum absolute atomic E-state index is 0. The summed E-state index contributed by atoms with van der Waals surface area (Å²) < 4.78 is 0. The van der Waals surface area contributed by atoms with Crippen molar-refractivity contribution >= 4 is 6.15 Å². The maximum Gasteiger partial charge on any atom is 0.373 e. The largest absolute Gasteiger partial charge is 0.373 e. The molecule has 0 aromatic rings. The number of carbonyl (C=O) groups excluding carboxylic acids is 2. The van der Waals surface area contributed by atoms with Gasteiger partial charge in [-0.1, -0.05) is 0 Å². The second kappa shape index (κ2) is 36.3. The Morgan fingerprint density at radius 3 is 1.25 bits per heavy atom. The maximum atomic E-state index is 8.12. The first kappa shape index (κ1) is 10.2. The van der Waals surface area contributed by atoms with Gasteiger partial charge in [0.25, 0.3) is 0 Å². The fraction of sp³-hybridized carbons (Fsp3) is 0. The molecule has 0 unspecified atom stereocenters. The molecule has 0 bridgehead atoms. The molecule has 0 aliphatic rings. The molecular weight excluding hydrogens is 60.0 g/mol. The highest BCUT2D eigenvalue weighted by Crippen LogP contribution is 0.787. The van der Waals surface area contributed by atoms with Crippen LogP contribution in [0, 0.1) is 0 Å². The van der Waals surface area contributed by atoms with Gasteiger partial charge < -0.3 is 0 Å². The molecule has 1 radical (unpaired) electrons. The van der Waals surface area contributed by atoms with E-state index < -0.39 is 0 Å². The summed E-state index contributed by atoms with van der Waals surface area (Å²) in [5, 5.41) is 0. The van der Waals surface area contributed by atoms with Gasteiger partial charge in [-0.2, -0.15) is 9.59 Å². The summed E-state index contributed by atoms with van der Waals surface area (Å²) in [4.78, 5) is 16.2. The molecule has 0 saturated carbocycles. The van der Waals surface area contributed by atoms with E-state index in [2.05, 4.69) is 0 Å². The van der Waals surface area contributed by atoms with Crippen molar-refractivity contribution in [1.82, 2.24) is 0 Å². The molecule has 0 fully saturated rings. The first-order valence-electron chi connectivity index (χ1n) is 0.408. The van der Waals surface area contributed by atoms with Gasteiger partial charge in [-0.05, 0) is 0 Å². The number of rotatable bonds is 0. The summed E-state index contributed by atoms with van der Waals surface area (Å²) in [5.74, 6) is 0. The lowest BCUT2D eigenvalue weighted by atomic mass is 11.8. The Bertz CT molecular complexity index is 24.3. The lowest BCUT2D eigenvalue weighted by Crippen LogP contribution is -1.22. The fourth-order valence-corrected chi connectivity index (χ4v) is 0. The average Bonchev–Trinajstić information content (AvgIpc) is 0.918. The predicted molar refractivity (Wildman–Crippen MR) is 6.94 cm³/mol. The summed E-state index contributed by atoms with van der Waals surface area (Å²) >= 11 is 0. The number of hydrogen-bond acceptors (Lipinski definition) is 2. The van der Waals surface area contributed by atoms with Gasteiger partial charge in [0.15, 0.2) is 0 Å². The van der Waals surface area contributed by atoms with Crippen molar-refractivity contribution in [1.29, 1.82) is 0 Å². The Balaban J connectivity index is 0. The van der Waals surface area contributed by atoms with Crippen LogP contribution in [0.4, 0.5) is 0 Å². The third kappa shape index (κ3) is 0.356. The van der Waals surface area contributed by atoms with E-state index >= 15 is 0 Å². The molecule has 0 spiro atoms. The van der Waals surface area contributed by atoms with Crippen LogP contribution >= 0.6 is 0 Å². The van der Waals surface area contributed by atoms with E-state index in [-0.39, 0.29) is 11.6 Å². The summed E-state index contributed by atoms with van der Waals surface area (Å²) in [6, 6.07) is 0. The molecule has 3 nitrogen and oxygen atoms in total. The first-order valence-corrected chi connectivity index (χ1v) is 0.408. The van der Waals surface area contributed by atoms with E-state index in [1.807, 2.05) is 0 Å². The van der Waals surface area contributed by atoms with Crippen molar-refractivity contribution in [3.63, 3.8) is 0 Å². The molecule has 3 heteroatoms. The van der Waals surface area contributed by atoms with Gasteiger partial charge in [0.2, 0.25) is 0 Å². The van der Waals surface area contributed by atoms with Crippen molar-refractivity contribution in [2.24, 2.45) is 0 Å². The van der Waals surface area contributed by atoms with E-state index in [4.69, 9.17) is 9.59 Å². The second-order valence-corrected chi connectivity index (χ2v) is 0.0833. The molecule has 0 amide bonds. The SMILES string of the molecule is O=C=O.[OH]. The van der Waals surface area contributed by atoms with E-state index in [9.17, 15) is 0 Å². The topological polar surface area (TPSA) is 64.1 Å². The Morgan fingerprint density at radius 2 is 1.25 bits per heavy atom. The molecule has 0 heterocycles. The molecule has 0 aliphatic carbocycles. The highest BCUT2D eigenvalue weighted by molar-refractivity contribution is 5.20. The van der Waals surface area contributed by atoms with E-state index in [0.717, 1.165) is 0 Å². The predicted octanol–water partition coefficient (Wildman–Crippen LogP) is -0.760. The smallest absolute Gasteiger partial charge is 0.255 e. The zero-order valence-electron chi connectivity index (χ0n) is 1.76. The summed E-state index contributed by atoms with van der Waals surface area (Å²) in [6.45, 7) is 0. The highest BCUT2D eigenvalue weighted by Gasteiger charge is 1.13. The normalized spacial score (nSPS) is 2.00. The standard InChI is InChI=1S/CO2.HO/c2-1-3;/h;1H. The molecular formula is CHO3. The van der Waals surface area contributed by atoms with E-state index in [1.165, 1.54) is 0 Å². The van der Waals surface area contributed by atoms with Gasteiger partial charge in [-0.15, -0.1) is 0 Å². The minimum atomic E-state index is 0. The van der Waals surface area contributed by atoms with Crippen LogP contribution < -0.4 is 0 Å². The minimum Gasteiger partial charge on any atom is -0.255 e.